The number of rotatable bonds is 3. The molecule has 0 saturated carbocycles. The second kappa shape index (κ2) is 5.32. The lowest BCUT2D eigenvalue weighted by molar-refractivity contribution is -0.143. The largest absolute Gasteiger partial charge is 0.318 e. The number of carbonyl (C=O) groups excluding carboxylic acids is 3. The third-order valence-electron chi connectivity index (χ3n) is 4.29. The number of hydrogen-bond acceptors (Lipinski definition) is 4. The molecular weight excluding hydrogens is 280 g/mol. The van der Waals surface area contributed by atoms with Crippen molar-refractivity contribution in [3.05, 3.63) is 35.9 Å². The Morgan fingerprint density at radius 3 is 2.14 bits per heavy atom. The first-order chi connectivity index (χ1) is 10.1. The lowest BCUT2D eigenvalue weighted by Gasteiger charge is -2.44. The average molecular weight is 302 g/mol. The lowest BCUT2D eigenvalue weighted by Crippen LogP contribution is -2.67. The molecule has 1 fully saturated rings. The van der Waals surface area contributed by atoms with Crippen molar-refractivity contribution in [2.75, 3.05) is 7.05 Å². The van der Waals surface area contributed by atoms with Crippen LogP contribution < -0.4 is 5.32 Å². The van der Waals surface area contributed by atoms with Gasteiger partial charge >= 0.3 is 0 Å². The van der Waals surface area contributed by atoms with Crippen molar-refractivity contribution in [1.29, 1.82) is 0 Å². The van der Waals surface area contributed by atoms with Crippen LogP contribution in [-0.2, 0) is 9.59 Å². The van der Waals surface area contributed by atoms with Gasteiger partial charge in [-0.1, -0.05) is 51.1 Å². The fourth-order valence-electron chi connectivity index (χ4n) is 3.09. The molecule has 5 nitrogen and oxygen atoms in total. The molecule has 1 aromatic rings. The highest BCUT2D eigenvalue weighted by Gasteiger charge is 2.60. The highest BCUT2D eigenvalue weighted by Crippen LogP contribution is 2.38. The minimum atomic E-state index is -1.34. The van der Waals surface area contributed by atoms with Crippen LogP contribution in [0.4, 0.5) is 0 Å². The van der Waals surface area contributed by atoms with Crippen molar-refractivity contribution in [3.63, 3.8) is 0 Å². The molecule has 2 atom stereocenters. The number of Topliss-reactive ketones (excluding diaryl/α,β-unsaturated/α-hetero) is 2. The minimum Gasteiger partial charge on any atom is -0.318 e. The van der Waals surface area contributed by atoms with Crippen molar-refractivity contribution < 1.29 is 14.4 Å². The Morgan fingerprint density at radius 1 is 1.18 bits per heavy atom. The summed E-state index contributed by atoms with van der Waals surface area (Å²) in [5.74, 6) is -1.38. The predicted molar refractivity (Wildman–Crippen MR) is 83.3 cm³/mol. The van der Waals surface area contributed by atoms with Crippen molar-refractivity contribution >= 4 is 17.5 Å². The summed E-state index contributed by atoms with van der Waals surface area (Å²) in [5.41, 5.74) is -1.64. The minimum absolute atomic E-state index is 0.191. The molecule has 118 valence electrons. The number of amides is 1. The van der Waals surface area contributed by atoms with Crippen LogP contribution in [0.1, 0.15) is 38.1 Å². The summed E-state index contributed by atoms with van der Waals surface area (Å²) in [4.78, 5) is 39.2. The van der Waals surface area contributed by atoms with E-state index in [-0.39, 0.29) is 5.91 Å². The molecule has 0 aliphatic carbocycles. The number of hydrogen-bond donors (Lipinski definition) is 1. The number of nitrogens with zero attached hydrogens (tertiary/aromatic N) is 1. The van der Waals surface area contributed by atoms with E-state index in [1.807, 2.05) is 20.8 Å². The second-order valence-corrected chi connectivity index (χ2v) is 6.75. The van der Waals surface area contributed by atoms with Crippen LogP contribution >= 0.6 is 0 Å². The molecule has 1 N–H and O–H groups in total. The Morgan fingerprint density at radius 2 is 1.73 bits per heavy atom. The molecular formula is C17H22N2O3. The van der Waals surface area contributed by atoms with E-state index in [0.717, 1.165) is 0 Å². The van der Waals surface area contributed by atoms with Gasteiger partial charge in [-0.2, -0.15) is 0 Å². The van der Waals surface area contributed by atoms with Gasteiger partial charge in [0.15, 0.2) is 5.66 Å². The average Bonchev–Trinajstić information content (AvgIpc) is 2.71. The molecule has 1 aromatic carbocycles. The Kier molecular flexibility index (Phi) is 3.96. The highest BCUT2D eigenvalue weighted by atomic mass is 16.2. The SMILES string of the molecule is CC1N[C@@](C(=O)C(=O)c2ccccc2)(C(C)(C)C)N(C)C1=O. The summed E-state index contributed by atoms with van der Waals surface area (Å²) in [6.07, 6.45) is 0. The molecule has 5 heteroatoms. The van der Waals surface area contributed by atoms with Crippen LogP contribution in [0.5, 0.6) is 0 Å². The van der Waals surface area contributed by atoms with E-state index in [4.69, 9.17) is 0 Å². The standard InChI is InChI=1S/C17H22N2O3/c1-11-15(22)19(5)17(18-11,16(2,3)4)14(21)13(20)12-9-7-6-8-10-12/h6-11,18H,1-5H3/t11?,17-/m1/s1. The Bertz CT molecular complexity index is 619. The van der Waals surface area contributed by atoms with E-state index in [0.29, 0.717) is 5.56 Å². The quantitative estimate of drug-likeness (QED) is 0.681. The zero-order chi connectivity index (χ0) is 16.7. The number of likely N-dealkylation sites (N-methyl/N-ethyl adjacent to an activating group) is 1. The van der Waals surface area contributed by atoms with Gasteiger partial charge in [0.05, 0.1) is 6.04 Å². The van der Waals surface area contributed by atoms with Crippen molar-refractivity contribution in [2.24, 2.45) is 5.41 Å². The first-order valence-electron chi connectivity index (χ1n) is 7.32. The lowest BCUT2D eigenvalue weighted by atomic mass is 9.75. The van der Waals surface area contributed by atoms with E-state index in [2.05, 4.69) is 5.32 Å². The summed E-state index contributed by atoms with van der Waals surface area (Å²) < 4.78 is 0. The highest BCUT2D eigenvalue weighted by molar-refractivity contribution is 6.47. The normalized spacial score (nSPS) is 25.4. The molecule has 0 spiro atoms. The van der Waals surface area contributed by atoms with E-state index >= 15 is 0 Å². The van der Waals surface area contributed by atoms with Crippen LogP contribution in [-0.4, -0.2) is 41.1 Å². The fraction of sp³-hybridized carbons (Fsp3) is 0.471. The van der Waals surface area contributed by atoms with Gasteiger partial charge in [0, 0.05) is 18.0 Å². The monoisotopic (exact) mass is 302 g/mol. The molecule has 22 heavy (non-hydrogen) atoms. The van der Waals surface area contributed by atoms with E-state index in [9.17, 15) is 14.4 Å². The smallest absolute Gasteiger partial charge is 0.244 e. The number of carbonyl (C=O) groups is 3. The van der Waals surface area contributed by atoms with Crippen LogP contribution in [0.15, 0.2) is 30.3 Å². The Hall–Kier alpha value is -2.01. The van der Waals surface area contributed by atoms with Crippen molar-refractivity contribution in [2.45, 2.75) is 39.4 Å². The maximum atomic E-state index is 13.0. The van der Waals surface area contributed by atoms with Crippen LogP contribution in [0.2, 0.25) is 0 Å². The van der Waals surface area contributed by atoms with Crippen LogP contribution in [0.3, 0.4) is 0 Å². The van der Waals surface area contributed by atoms with Crippen LogP contribution in [0.25, 0.3) is 0 Å². The second-order valence-electron chi connectivity index (χ2n) is 6.75. The zero-order valence-corrected chi connectivity index (χ0v) is 13.6. The maximum Gasteiger partial charge on any atom is 0.244 e. The first kappa shape index (κ1) is 16.4. The zero-order valence-electron chi connectivity index (χ0n) is 13.6. The molecule has 1 amide bonds. The van der Waals surface area contributed by atoms with Gasteiger partial charge in [-0.25, -0.2) is 0 Å². The van der Waals surface area contributed by atoms with Crippen molar-refractivity contribution in [1.82, 2.24) is 10.2 Å². The van der Waals surface area contributed by atoms with E-state index < -0.39 is 28.7 Å². The molecule has 0 bridgehead atoms. The molecule has 0 radical (unpaired) electrons. The maximum absolute atomic E-state index is 13.0. The Labute approximate surface area is 130 Å². The van der Waals surface area contributed by atoms with Gasteiger partial charge in [0.2, 0.25) is 17.5 Å². The third kappa shape index (κ3) is 2.25. The predicted octanol–water partition coefficient (Wildman–Crippen LogP) is 1.63. The van der Waals surface area contributed by atoms with Gasteiger partial charge in [-0.05, 0) is 6.92 Å². The van der Waals surface area contributed by atoms with Gasteiger partial charge in [-0.15, -0.1) is 0 Å². The number of ketones is 2. The summed E-state index contributed by atoms with van der Waals surface area (Å²) in [7, 11) is 1.57. The summed E-state index contributed by atoms with van der Waals surface area (Å²) in [5, 5.41) is 3.06. The van der Waals surface area contributed by atoms with Crippen molar-refractivity contribution in [3.8, 4) is 0 Å². The van der Waals surface area contributed by atoms with Crippen LogP contribution in [0, 0.1) is 5.41 Å². The topological polar surface area (TPSA) is 66.5 Å². The molecule has 1 aliphatic heterocycles. The van der Waals surface area contributed by atoms with Gasteiger partial charge in [0.1, 0.15) is 0 Å². The summed E-state index contributed by atoms with van der Waals surface area (Å²) >= 11 is 0. The Balaban J connectivity index is 2.51. The number of benzene rings is 1. The van der Waals surface area contributed by atoms with Gasteiger partial charge in [-0.3, -0.25) is 19.7 Å². The molecule has 1 saturated heterocycles. The molecule has 1 heterocycles. The summed E-state index contributed by atoms with van der Waals surface area (Å²) in [6.45, 7) is 7.24. The summed E-state index contributed by atoms with van der Waals surface area (Å²) in [6, 6.07) is 7.92. The van der Waals surface area contributed by atoms with E-state index in [1.54, 1.807) is 44.3 Å². The third-order valence-corrected chi connectivity index (χ3v) is 4.29. The molecule has 1 aliphatic rings. The fourth-order valence-corrected chi connectivity index (χ4v) is 3.09. The van der Waals surface area contributed by atoms with E-state index in [1.165, 1.54) is 4.90 Å². The first-order valence-corrected chi connectivity index (χ1v) is 7.32. The molecule has 0 aromatic heterocycles. The molecule has 1 unspecified atom stereocenters. The van der Waals surface area contributed by atoms with Gasteiger partial charge < -0.3 is 4.90 Å². The molecule has 2 rings (SSSR count). The van der Waals surface area contributed by atoms with Gasteiger partial charge in [0.25, 0.3) is 0 Å². The number of nitrogens with one attached hydrogen (secondary N) is 1.